The molecule has 6 heteroatoms. The normalized spacial score (nSPS) is 15.7. The second-order valence-electron chi connectivity index (χ2n) is 5.74. The zero-order valence-corrected chi connectivity index (χ0v) is 13.3. The lowest BCUT2D eigenvalue weighted by Crippen LogP contribution is -2.32. The number of nitrogens with one attached hydrogen (secondary N) is 1. The van der Waals surface area contributed by atoms with Crippen molar-refractivity contribution in [2.24, 2.45) is 5.92 Å². The van der Waals surface area contributed by atoms with E-state index in [-0.39, 0.29) is 22.3 Å². The van der Waals surface area contributed by atoms with Crippen LogP contribution in [-0.2, 0) is 10.0 Å². The molecule has 1 amide bonds. The molecule has 0 aromatic heterocycles. The maximum atomic E-state index is 12.5. The van der Waals surface area contributed by atoms with Crippen LogP contribution in [0.3, 0.4) is 0 Å². The number of benzene rings is 1. The summed E-state index contributed by atoms with van der Waals surface area (Å²) in [6.07, 6.45) is 1.96. The van der Waals surface area contributed by atoms with Crippen LogP contribution < -0.4 is 4.72 Å². The summed E-state index contributed by atoms with van der Waals surface area (Å²) >= 11 is 0. The van der Waals surface area contributed by atoms with Gasteiger partial charge >= 0.3 is 0 Å². The minimum absolute atomic E-state index is 0.0718. The molecule has 0 bridgehead atoms. The molecule has 1 heterocycles. The van der Waals surface area contributed by atoms with Gasteiger partial charge in [-0.3, -0.25) is 4.79 Å². The van der Waals surface area contributed by atoms with E-state index >= 15 is 0 Å². The molecule has 1 aliphatic rings. The third-order valence-corrected chi connectivity index (χ3v) is 4.96. The van der Waals surface area contributed by atoms with Crippen LogP contribution in [-0.4, -0.2) is 38.9 Å². The van der Waals surface area contributed by atoms with E-state index in [0.29, 0.717) is 19.6 Å². The van der Waals surface area contributed by atoms with E-state index in [1.54, 1.807) is 23.1 Å². The first-order valence-electron chi connectivity index (χ1n) is 7.30. The molecule has 1 aromatic rings. The molecule has 5 nitrogen and oxygen atoms in total. The fourth-order valence-corrected chi connectivity index (χ4v) is 3.73. The molecule has 1 aromatic carbocycles. The topological polar surface area (TPSA) is 66.5 Å². The predicted octanol–water partition coefficient (Wildman–Crippen LogP) is 1.86. The summed E-state index contributed by atoms with van der Waals surface area (Å²) in [4.78, 5) is 14.3. The summed E-state index contributed by atoms with van der Waals surface area (Å²) in [5, 5.41) is 0. The summed E-state index contributed by atoms with van der Waals surface area (Å²) in [7, 11) is -3.66. The molecular formula is C15H22N2O3S. The lowest BCUT2D eigenvalue weighted by Gasteiger charge is -2.18. The van der Waals surface area contributed by atoms with Crippen molar-refractivity contribution in [3.05, 3.63) is 29.8 Å². The number of amides is 1. The lowest BCUT2D eigenvalue weighted by atomic mass is 10.2. The highest BCUT2D eigenvalue weighted by atomic mass is 32.2. The summed E-state index contributed by atoms with van der Waals surface area (Å²) in [5.41, 5.74) is 0.260. The van der Waals surface area contributed by atoms with Gasteiger partial charge in [0.15, 0.2) is 0 Å². The van der Waals surface area contributed by atoms with Crippen LogP contribution in [0.5, 0.6) is 0 Å². The van der Waals surface area contributed by atoms with E-state index in [9.17, 15) is 13.2 Å². The van der Waals surface area contributed by atoms with Crippen LogP contribution in [0, 0.1) is 5.92 Å². The maximum absolute atomic E-state index is 12.5. The minimum atomic E-state index is -3.66. The summed E-state index contributed by atoms with van der Waals surface area (Å²) < 4.78 is 27.4. The van der Waals surface area contributed by atoms with Gasteiger partial charge in [0, 0.05) is 19.6 Å². The molecule has 0 unspecified atom stereocenters. The van der Waals surface area contributed by atoms with Gasteiger partial charge in [-0.2, -0.15) is 0 Å². The van der Waals surface area contributed by atoms with E-state index in [2.05, 4.69) is 4.72 Å². The van der Waals surface area contributed by atoms with Crippen molar-refractivity contribution in [2.45, 2.75) is 31.6 Å². The average molecular weight is 310 g/mol. The van der Waals surface area contributed by atoms with Crippen molar-refractivity contribution >= 4 is 15.9 Å². The Morgan fingerprint density at radius 2 is 1.86 bits per heavy atom. The zero-order chi connectivity index (χ0) is 15.5. The number of hydrogen-bond donors (Lipinski definition) is 1. The quantitative estimate of drug-likeness (QED) is 0.902. The molecule has 0 radical (unpaired) electrons. The van der Waals surface area contributed by atoms with E-state index in [1.165, 1.54) is 6.07 Å². The van der Waals surface area contributed by atoms with Crippen molar-refractivity contribution in [3.63, 3.8) is 0 Å². The minimum Gasteiger partial charge on any atom is -0.339 e. The Labute approximate surface area is 126 Å². The Morgan fingerprint density at radius 3 is 2.48 bits per heavy atom. The summed E-state index contributed by atoms with van der Waals surface area (Å²) in [5.74, 6) is 0.0132. The molecule has 1 N–H and O–H groups in total. The van der Waals surface area contributed by atoms with Gasteiger partial charge in [0.1, 0.15) is 0 Å². The first kappa shape index (κ1) is 16.0. The van der Waals surface area contributed by atoms with E-state index < -0.39 is 10.0 Å². The number of nitrogens with zero attached hydrogens (tertiary/aromatic N) is 1. The van der Waals surface area contributed by atoms with Crippen LogP contribution in [0.15, 0.2) is 29.2 Å². The molecule has 0 atom stereocenters. The Hall–Kier alpha value is -1.40. The molecule has 1 fully saturated rings. The molecule has 2 rings (SSSR count). The van der Waals surface area contributed by atoms with Crippen molar-refractivity contribution in [3.8, 4) is 0 Å². The van der Waals surface area contributed by atoms with Gasteiger partial charge in [-0.05, 0) is 30.9 Å². The second kappa shape index (κ2) is 6.58. The summed E-state index contributed by atoms with van der Waals surface area (Å²) in [6.45, 7) is 5.63. The van der Waals surface area contributed by atoms with Gasteiger partial charge in [0.2, 0.25) is 10.0 Å². The van der Waals surface area contributed by atoms with Gasteiger partial charge in [-0.1, -0.05) is 26.0 Å². The van der Waals surface area contributed by atoms with Gasteiger partial charge in [-0.25, -0.2) is 13.1 Å². The third kappa shape index (κ3) is 3.83. The highest BCUT2D eigenvalue weighted by Gasteiger charge is 2.26. The van der Waals surface area contributed by atoms with Crippen molar-refractivity contribution in [1.82, 2.24) is 9.62 Å². The van der Waals surface area contributed by atoms with Gasteiger partial charge < -0.3 is 4.90 Å². The van der Waals surface area contributed by atoms with E-state index in [1.807, 2.05) is 13.8 Å². The standard InChI is InChI=1S/C15H22N2O3S/c1-12(2)11-16-21(19,20)14-8-4-3-7-13(14)15(18)17-9-5-6-10-17/h3-4,7-8,12,16H,5-6,9-11H2,1-2H3. The Bertz CT molecular complexity index is 605. The smallest absolute Gasteiger partial charge is 0.255 e. The molecule has 1 aliphatic heterocycles. The van der Waals surface area contributed by atoms with Crippen molar-refractivity contribution in [1.29, 1.82) is 0 Å². The highest BCUT2D eigenvalue weighted by Crippen LogP contribution is 2.20. The van der Waals surface area contributed by atoms with E-state index in [0.717, 1.165) is 12.8 Å². The monoisotopic (exact) mass is 310 g/mol. The van der Waals surface area contributed by atoms with Crippen LogP contribution in [0.25, 0.3) is 0 Å². The van der Waals surface area contributed by atoms with E-state index in [4.69, 9.17) is 0 Å². The Morgan fingerprint density at radius 1 is 1.24 bits per heavy atom. The fourth-order valence-electron chi connectivity index (χ4n) is 2.32. The van der Waals surface area contributed by atoms with Crippen molar-refractivity contribution in [2.75, 3.05) is 19.6 Å². The van der Waals surface area contributed by atoms with Crippen LogP contribution in [0.4, 0.5) is 0 Å². The number of carbonyl (C=O) groups is 1. The van der Waals surface area contributed by atoms with Gasteiger partial charge in [-0.15, -0.1) is 0 Å². The molecule has 1 saturated heterocycles. The molecule has 0 spiro atoms. The first-order chi connectivity index (χ1) is 9.92. The molecule has 0 saturated carbocycles. The third-order valence-electron chi connectivity index (χ3n) is 3.48. The molecule has 21 heavy (non-hydrogen) atoms. The molecule has 116 valence electrons. The number of hydrogen-bond acceptors (Lipinski definition) is 3. The zero-order valence-electron chi connectivity index (χ0n) is 12.5. The highest BCUT2D eigenvalue weighted by molar-refractivity contribution is 7.89. The largest absolute Gasteiger partial charge is 0.339 e. The maximum Gasteiger partial charge on any atom is 0.255 e. The van der Waals surface area contributed by atoms with Gasteiger partial charge in [0.05, 0.1) is 10.5 Å². The average Bonchev–Trinajstić information content (AvgIpc) is 2.99. The first-order valence-corrected chi connectivity index (χ1v) is 8.78. The molecule has 0 aliphatic carbocycles. The number of likely N-dealkylation sites (tertiary alicyclic amines) is 1. The van der Waals surface area contributed by atoms with Crippen LogP contribution in [0.2, 0.25) is 0 Å². The summed E-state index contributed by atoms with van der Waals surface area (Å²) in [6, 6.07) is 6.42. The Kier molecular flexibility index (Phi) is 5.00. The van der Waals surface area contributed by atoms with Crippen LogP contribution >= 0.6 is 0 Å². The molecular weight excluding hydrogens is 288 g/mol. The van der Waals surface area contributed by atoms with Crippen LogP contribution in [0.1, 0.15) is 37.0 Å². The predicted molar refractivity (Wildman–Crippen MR) is 81.6 cm³/mol. The van der Waals surface area contributed by atoms with Crippen molar-refractivity contribution < 1.29 is 13.2 Å². The number of rotatable bonds is 5. The van der Waals surface area contributed by atoms with Gasteiger partial charge in [0.25, 0.3) is 5.91 Å². The second-order valence-corrected chi connectivity index (χ2v) is 7.48. The Balaban J connectivity index is 2.30. The lowest BCUT2D eigenvalue weighted by molar-refractivity contribution is 0.0789. The number of sulfonamides is 1. The fraction of sp³-hybridized carbons (Fsp3) is 0.533. The SMILES string of the molecule is CC(C)CNS(=O)(=O)c1ccccc1C(=O)N1CCCC1. The number of carbonyl (C=O) groups excluding carboxylic acids is 1.